The van der Waals surface area contributed by atoms with Gasteiger partial charge in [0, 0.05) is 19.2 Å². The lowest BCUT2D eigenvalue weighted by atomic mass is 10.1. The van der Waals surface area contributed by atoms with Crippen LogP contribution in [0.1, 0.15) is 27.7 Å². The number of nitrogens with zero attached hydrogens (tertiary/aromatic N) is 3. The normalized spacial score (nSPS) is 15.5. The maximum atomic E-state index is 12.3. The number of aliphatic hydroxyl groups excluding tert-OH is 2. The van der Waals surface area contributed by atoms with Gasteiger partial charge < -0.3 is 15.1 Å². The first-order chi connectivity index (χ1) is 11.2. The molecule has 8 nitrogen and oxygen atoms in total. The van der Waals surface area contributed by atoms with Crippen molar-refractivity contribution in [2.24, 2.45) is 0 Å². The van der Waals surface area contributed by atoms with Crippen molar-refractivity contribution < 1.29 is 19.9 Å². The number of amides is 1. The van der Waals surface area contributed by atoms with Crippen LogP contribution in [0.2, 0.25) is 0 Å². The number of aliphatic hydroxyl groups is 2. The molecule has 0 heterocycles. The first-order valence-electron chi connectivity index (χ1n) is 7.52. The van der Waals surface area contributed by atoms with Crippen molar-refractivity contribution in [2.45, 2.75) is 39.9 Å². The fourth-order valence-corrected chi connectivity index (χ4v) is 1.90. The van der Waals surface area contributed by atoms with Crippen molar-refractivity contribution in [1.82, 2.24) is 4.90 Å². The van der Waals surface area contributed by atoms with E-state index in [-0.39, 0.29) is 11.1 Å². The Hall–Kier alpha value is -2.50. The number of allylic oxidation sites excluding steroid dienone is 3. The second kappa shape index (κ2) is 10.3. The Labute approximate surface area is 141 Å². The molecule has 0 aromatic rings. The Kier molecular flexibility index (Phi) is 9.23. The number of likely N-dealkylation sites (N-methyl/N-ethyl adjacent to an activating group) is 1. The highest BCUT2D eigenvalue weighted by molar-refractivity contribution is 5.97. The number of nitriles is 1. The van der Waals surface area contributed by atoms with Crippen molar-refractivity contribution >= 4 is 5.91 Å². The fourth-order valence-electron chi connectivity index (χ4n) is 1.90. The molecule has 0 aromatic carbocycles. The van der Waals surface area contributed by atoms with Crippen LogP contribution in [-0.4, -0.2) is 51.2 Å². The molecule has 1 amide bonds. The molecule has 2 N–H and O–H groups in total. The molecule has 0 fully saturated rings. The van der Waals surface area contributed by atoms with E-state index in [1.54, 1.807) is 19.9 Å². The van der Waals surface area contributed by atoms with E-state index < -0.39 is 28.7 Å². The molecule has 0 aliphatic rings. The summed E-state index contributed by atoms with van der Waals surface area (Å²) in [5.74, 6) is -0.507. The Morgan fingerprint density at radius 1 is 1.29 bits per heavy atom. The topological polar surface area (TPSA) is 128 Å². The van der Waals surface area contributed by atoms with Gasteiger partial charge in [-0.1, -0.05) is 0 Å². The quantitative estimate of drug-likeness (QED) is 0.225. The molecule has 0 bridgehead atoms. The zero-order chi connectivity index (χ0) is 18.9. The summed E-state index contributed by atoms with van der Waals surface area (Å²) in [4.78, 5) is 23.9. The minimum absolute atomic E-state index is 0.0923. The molecular formula is C16H23N3O5. The molecule has 0 radical (unpaired) electrons. The molecule has 132 valence electrons. The number of nitro groups is 1. The third kappa shape index (κ3) is 6.73. The van der Waals surface area contributed by atoms with Crippen LogP contribution in [0, 0.1) is 21.4 Å². The molecule has 24 heavy (non-hydrogen) atoms. The molecule has 0 spiro atoms. The minimum Gasteiger partial charge on any atom is -0.389 e. The van der Waals surface area contributed by atoms with Crippen molar-refractivity contribution in [1.29, 1.82) is 5.26 Å². The molecule has 0 saturated heterocycles. The molecular weight excluding hydrogens is 314 g/mol. The van der Waals surface area contributed by atoms with Gasteiger partial charge in [0.1, 0.15) is 17.7 Å². The largest absolute Gasteiger partial charge is 0.389 e. The summed E-state index contributed by atoms with van der Waals surface area (Å²) < 4.78 is 0. The second-order valence-electron chi connectivity index (χ2n) is 5.06. The Balaban J connectivity index is 6.03. The van der Waals surface area contributed by atoms with Crippen LogP contribution < -0.4 is 0 Å². The lowest BCUT2D eigenvalue weighted by Gasteiger charge is -2.17. The Morgan fingerprint density at radius 2 is 1.83 bits per heavy atom. The second-order valence-corrected chi connectivity index (χ2v) is 5.06. The third-order valence-corrected chi connectivity index (χ3v) is 3.10. The number of carbonyl (C=O) groups is 1. The monoisotopic (exact) mass is 337 g/mol. The van der Waals surface area contributed by atoms with Gasteiger partial charge >= 0.3 is 0 Å². The zero-order valence-electron chi connectivity index (χ0n) is 14.3. The van der Waals surface area contributed by atoms with E-state index in [0.29, 0.717) is 13.1 Å². The smallest absolute Gasteiger partial charge is 0.274 e. The van der Waals surface area contributed by atoms with Gasteiger partial charge in [-0.15, -0.1) is 0 Å². The lowest BCUT2D eigenvalue weighted by molar-refractivity contribution is -0.435. The molecule has 2 unspecified atom stereocenters. The first-order valence-corrected chi connectivity index (χ1v) is 7.52. The van der Waals surface area contributed by atoms with Gasteiger partial charge in [-0.25, -0.2) is 0 Å². The SMILES string of the molecule is CCN(CC)C(=O)/C(C#N)=C/C(=C/C(C)O)/C=C(\C(C)O)[N+](=O)[O-]. The summed E-state index contributed by atoms with van der Waals surface area (Å²) in [6.45, 7) is 7.00. The van der Waals surface area contributed by atoms with Gasteiger partial charge in [-0.05, 0) is 45.4 Å². The van der Waals surface area contributed by atoms with E-state index in [2.05, 4.69) is 0 Å². The molecule has 0 aliphatic heterocycles. The maximum absolute atomic E-state index is 12.3. The highest BCUT2D eigenvalue weighted by Gasteiger charge is 2.20. The van der Waals surface area contributed by atoms with Crippen LogP contribution in [0.5, 0.6) is 0 Å². The minimum atomic E-state index is -1.35. The summed E-state index contributed by atoms with van der Waals surface area (Å²) in [6.07, 6.45) is 1.13. The highest BCUT2D eigenvalue weighted by Crippen LogP contribution is 2.14. The maximum Gasteiger partial charge on any atom is 0.274 e. The van der Waals surface area contributed by atoms with Crippen molar-refractivity contribution in [3.8, 4) is 6.07 Å². The fraction of sp³-hybridized carbons (Fsp3) is 0.500. The number of hydrogen-bond donors (Lipinski definition) is 2. The zero-order valence-corrected chi connectivity index (χ0v) is 14.3. The van der Waals surface area contributed by atoms with Crippen LogP contribution >= 0.6 is 0 Å². The molecule has 2 atom stereocenters. The number of carbonyl (C=O) groups excluding carboxylic acids is 1. The van der Waals surface area contributed by atoms with Crippen molar-refractivity contribution in [3.63, 3.8) is 0 Å². The van der Waals surface area contributed by atoms with E-state index in [9.17, 15) is 30.4 Å². The molecule has 0 aromatic heterocycles. The Bertz CT molecular complexity index is 593. The van der Waals surface area contributed by atoms with Gasteiger partial charge in [0.25, 0.3) is 11.6 Å². The van der Waals surface area contributed by atoms with Crippen LogP contribution in [0.15, 0.2) is 35.1 Å². The van der Waals surface area contributed by atoms with Gasteiger partial charge in [0.05, 0.1) is 11.0 Å². The van der Waals surface area contributed by atoms with Gasteiger partial charge in [0.15, 0.2) is 0 Å². The summed E-state index contributed by atoms with van der Waals surface area (Å²) >= 11 is 0. The molecule has 0 saturated carbocycles. The van der Waals surface area contributed by atoms with Gasteiger partial charge in [-0.3, -0.25) is 14.9 Å². The average molecular weight is 337 g/mol. The number of hydrogen-bond acceptors (Lipinski definition) is 6. The molecule has 8 heteroatoms. The predicted molar refractivity (Wildman–Crippen MR) is 88.1 cm³/mol. The first kappa shape index (κ1) is 21.5. The van der Waals surface area contributed by atoms with Crippen LogP contribution in [0.4, 0.5) is 0 Å². The predicted octanol–water partition coefficient (Wildman–Crippen LogP) is 1.15. The van der Waals surface area contributed by atoms with Crippen LogP contribution in [0.25, 0.3) is 0 Å². The lowest BCUT2D eigenvalue weighted by Crippen LogP contribution is -2.31. The molecule has 0 rings (SSSR count). The highest BCUT2D eigenvalue weighted by atomic mass is 16.6. The van der Waals surface area contributed by atoms with Crippen LogP contribution in [-0.2, 0) is 4.79 Å². The number of rotatable bonds is 8. The van der Waals surface area contributed by atoms with Crippen molar-refractivity contribution in [2.75, 3.05) is 13.1 Å². The third-order valence-electron chi connectivity index (χ3n) is 3.10. The van der Waals surface area contributed by atoms with E-state index in [1.165, 1.54) is 30.9 Å². The van der Waals surface area contributed by atoms with E-state index in [1.807, 2.05) is 0 Å². The summed E-state index contributed by atoms with van der Waals surface area (Å²) in [5.41, 5.74) is -0.629. The van der Waals surface area contributed by atoms with Crippen LogP contribution in [0.3, 0.4) is 0 Å². The van der Waals surface area contributed by atoms with E-state index >= 15 is 0 Å². The summed E-state index contributed by atoms with van der Waals surface area (Å²) in [6, 6.07) is 1.77. The molecule has 0 aliphatic carbocycles. The summed E-state index contributed by atoms with van der Waals surface area (Å²) in [5, 5.41) is 39.2. The average Bonchev–Trinajstić information content (AvgIpc) is 2.49. The van der Waals surface area contributed by atoms with Gasteiger partial charge in [-0.2, -0.15) is 5.26 Å². The van der Waals surface area contributed by atoms with E-state index in [0.717, 1.165) is 6.08 Å². The Morgan fingerprint density at radius 3 is 2.17 bits per heavy atom. The summed E-state index contributed by atoms with van der Waals surface area (Å²) in [7, 11) is 0. The van der Waals surface area contributed by atoms with E-state index in [4.69, 9.17) is 0 Å². The standard InChI is InChI=1S/C16H23N3O5/c1-5-18(6-2)16(22)14(10-17)8-13(7-11(3)20)9-15(12(4)21)19(23)24/h7-9,11-12,20-21H,5-6H2,1-4H3/b13-7-,14-8+,15-9+. The van der Waals surface area contributed by atoms with Crippen molar-refractivity contribution in [3.05, 3.63) is 45.2 Å². The van der Waals surface area contributed by atoms with Gasteiger partial charge in [0.2, 0.25) is 0 Å².